The van der Waals surface area contributed by atoms with Crippen molar-refractivity contribution in [2.45, 2.75) is 26.2 Å². The van der Waals surface area contributed by atoms with E-state index in [4.69, 9.17) is 9.47 Å². The summed E-state index contributed by atoms with van der Waals surface area (Å²) in [5.74, 6) is -1.16. The molecule has 0 saturated heterocycles. The Morgan fingerprint density at radius 2 is 2.17 bits per heavy atom. The second-order valence-corrected chi connectivity index (χ2v) is 6.27. The van der Waals surface area contributed by atoms with Gasteiger partial charge in [-0.2, -0.15) is 0 Å². The molecule has 0 radical (unpaired) electrons. The molecule has 1 heterocycles. The van der Waals surface area contributed by atoms with E-state index in [-0.39, 0.29) is 11.5 Å². The second kappa shape index (κ2) is 6.89. The number of allylic oxidation sites excluding steroid dienone is 1. The van der Waals surface area contributed by atoms with Gasteiger partial charge in [-0.15, -0.1) is 0 Å². The zero-order chi connectivity index (χ0) is 13.7. The van der Waals surface area contributed by atoms with Gasteiger partial charge in [0.05, 0.1) is 0 Å². The molecule has 0 spiro atoms. The van der Waals surface area contributed by atoms with Crippen LogP contribution in [-0.4, -0.2) is 11.9 Å². The van der Waals surface area contributed by atoms with Crippen LogP contribution in [-0.2, 0) is 19.1 Å². The van der Waals surface area contributed by atoms with E-state index in [2.05, 4.69) is 38.4 Å². The zero-order valence-corrected chi connectivity index (χ0v) is 13.0. The Bertz CT molecular complexity index is 445. The highest BCUT2D eigenvalue weighted by Gasteiger charge is 2.27. The van der Waals surface area contributed by atoms with E-state index in [1.807, 2.05) is 6.92 Å². The van der Waals surface area contributed by atoms with Crippen molar-refractivity contribution in [2.75, 3.05) is 0 Å². The third kappa shape index (κ3) is 4.10. The van der Waals surface area contributed by atoms with Gasteiger partial charge >= 0.3 is 11.9 Å². The Balaban J connectivity index is 2.65. The first-order valence-corrected chi connectivity index (χ1v) is 6.93. The van der Waals surface area contributed by atoms with Gasteiger partial charge in [-0.1, -0.05) is 19.9 Å². The number of carbonyl (C=O) groups is 2. The molecule has 4 nitrogen and oxygen atoms in total. The van der Waals surface area contributed by atoms with Crippen LogP contribution in [0.3, 0.4) is 0 Å². The van der Waals surface area contributed by atoms with E-state index in [1.54, 1.807) is 0 Å². The Morgan fingerprint density at radius 1 is 1.50 bits per heavy atom. The van der Waals surface area contributed by atoms with Gasteiger partial charge in [0.2, 0.25) is 5.76 Å². The molecule has 0 aliphatic carbocycles. The highest BCUT2D eigenvalue weighted by atomic mass is 79.9. The number of cyclic esters (lactones) is 1. The molecule has 0 saturated carbocycles. The normalized spacial score (nSPS) is 14.1. The van der Waals surface area contributed by atoms with Crippen molar-refractivity contribution in [3.8, 4) is 0 Å². The summed E-state index contributed by atoms with van der Waals surface area (Å²) in [4.78, 5) is 23.0. The van der Waals surface area contributed by atoms with Gasteiger partial charge in [0.15, 0.2) is 5.76 Å². The molecule has 1 rings (SSSR count). The first-order chi connectivity index (χ1) is 8.45. The first-order valence-electron chi connectivity index (χ1n) is 5.34. The zero-order valence-electron chi connectivity index (χ0n) is 9.79. The van der Waals surface area contributed by atoms with E-state index in [1.165, 1.54) is 6.08 Å². The van der Waals surface area contributed by atoms with E-state index in [9.17, 15) is 9.59 Å². The fraction of sp³-hybridized carbons (Fsp3) is 0.333. The number of unbranched alkanes of at least 4 members (excludes halogenated alkanes) is 1. The van der Waals surface area contributed by atoms with E-state index < -0.39 is 11.9 Å². The topological polar surface area (TPSA) is 52.6 Å². The number of halogens is 2. The summed E-state index contributed by atoms with van der Waals surface area (Å²) >= 11 is 6.20. The van der Waals surface area contributed by atoms with Crippen LogP contribution in [0.25, 0.3) is 0 Å². The summed E-state index contributed by atoms with van der Waals surface area (Å²) < 4.78 is 10.3. The lowest BCUT2D eigenvalue weighted by atomic mass is 10.1. The predicted molar refractivity (Wildman–Crippen MR) is 73.8 cm³/mol. The van der Waals surface area contributed by atoms with Crippen LogP contribution in [0.4, 0.5) is 0 Å². The molecule has 0 amide bonds. The first kappa shape index (κ1) is 15.2. The maximum absolute atomic E-state index is 11.6. The summed E-state index contributed by atoms with van der Waals surface area (Å²) in [6.45, 7) is 5.64. The standard InChI is InChI=1S/C12H12Br2O4/c1-3-4-5-7(2)11(15)18-9-6-8(10(13)14)17-12(9)16/h6H,2-5H2,1H3. The Morgan fingerprint density at radius 3 is 2.67 bits per heavy atom. The van der Waals surface area contributed by atoms with Gasteiger partial charge in [0, 0.05) is 11.6 Å². The summed E-state index contributed by atoms with van der Waals surface area (Å²) in [7, 11) is 0. The minimum Gasteiger partial charge on any atom is -0.419 e. The van der Waals surface area contributed by atoms with Crippen LogP contribution in [0.15, 0.2) is 33.1 Å². The molecule has 0 bridgehead atoms. The molecule has 18 heavy (non-hydrogen) atoms. The largest absolute Gasteiger partial charge is 0.419 e. The summed E-state index contributed by atoms with van der Waals surface area (Å²) in [6.07, 6.45) is 3.71. The third-order valence-corrected chi connectivity index (χ3v) is 2.96. The molecule has 0 atom stereocenters. The number of hydrogen-bond donors (Lipinski definition) is 0. The average Bonchev–Trinajstić information content (AvgIpc) is 2.68. The maximum atomic E-state index is 11.6. The van der Waals surface area contributed by atoms with Crippen LogP contribution < -0.4 is 0 Å². The quantitative estimate of drug-likeness (QED) is 0.540. The molecule has 98 valence electrons. The lowest BCUT2D eigenvalue weighted by molar-refractivity contribution is -0.145. The van der Waals surface area contributed by atoms with Crippen molar-refractivity contribution in [3.05, 3.63) is 33.1 Å². The number of hydrogen-bond acceptors (Lipinski definition) is 4. The Kier molecular flexibility index (Phi) is 5.81. The average molecular weight is 380 g/mol. The van der Waals surface area contributed by atoms with Crippen molar-refractivity contribution in [1.29, 1.82) is 0 Å². The van der Waals surface area contributed by atoms with Gasteiger partial charge < -0.3 is 9.47 Å². The molecule has 0 N–H and O–H groups in total. The van der Waals surface area contributed by atoms with Gasteiger partial charge in [0.1, 0.15) is 3.39 Å². The molecular weight excluding hydrogens is 368 g/mol. The molecule has 1 aliphatic rings. The van der Waals surface area contributed by atoms with E-state index >= 15 is 0 Å². The highest BCUT2D eigenvalue weighted by molar-refractivity contribution is 9.28. The number of ether oxygens (including phenoxy) is 2. The fourth-order valence-electron chi connectivity index (χ4n) is 1.19. The predicted octanol–water partition coefficient (Wildman–Crippen LogP) is 3.68. The SMILES string of the molecule is C=C(CCCC)C(=O)OC1=CC(=C(Br)Br)OC1=O. The van der Waals surface area contributed by atoms with Crippen molar-refractivity contribution < 1.29 is 19.1 Å². The van der Waals surface area contributed by atoms with Crippen molar-refractivity contribution in [1.82, 2.24) is 0 Å². The number of esters is 2. The lowest BCUT2D eigenvalue weighted by Crippen LogP contribution is -2.11. The van der Waals surface area contributed by atoms with Gasteiger partial charge in [0.25, 0.3) is 0 Å². The summed E-state index contributed by atoms with van der Waals surface area (Å²) in [5, 5.41) is 0. The fourth-order valence-corrected chi connectivity index (χ4v) is 1.58. The molecule has 0 unspecified atom stereocenters. The van der Waals surface area contributed by atoms with E-state index in [0.717, 1.165) is 12.8 Å². The van der Waals surface area contributed by atoms with Crippen LogP contribution in [0.1, 0.15) is 26.2 Å². The van der Waals surface area contributed by atoms with Gasteiger partial charge in [-0.25, -0.2) is 9.59 Å². The number of carbonyl (C=O) groups excluding carboxylic acids is 2. The van der Waals surface area contributed by atoms with Gasteiger partial charge in [-0.05, 0) is 44.7 Å². The maximum Gasteiger partial charge on any atom is 0.379 e. The smallest absolute Gasteiger partial charge is 0.379 e. The number of rotatable bonds is 5. The third-order valence-electron chi connectivity index (χ3n) is 2.18. The molecule has 0 aromatic carbocycles. The van der Waals surface area contributed by atoms with Crippen LogP contribution in [0.2, 0.25) is 0 Å². The summed E-state index contributed by atoms with van der Waals surface area (Å²) in [6, 6.07) is 0. The second-order valence-electron chi connectivity index (χ2n) is 3.62. The monoisotopic (exact) mass is 378 g/mol. The van der Waals surface area contributed by atoms with Crippen LogP contribution in [0, 0.1) is 0 Å². The molecule has 0 aromatic rings. The summed E-state index contributed by atoms with van der Waals surface area (Å²) in [5.41, 5.74) is 0.348. The Hall–Kier alpha value is -0.880. The van der Waals surface area contributed by atoms with Crippen molar-refractivity contribution in [2.24, 2.45) is 0 Å². The molecular formula is C12H12Br2O4. The van der Waals surface area contributed by atoms with Crippen molar-refractivity contribution in [3.63, 3.8) is 0 Å². The Labute approximate surface area is 122 Å². The van der Waals surface area contributed by atoms with Gasteiger partial charge in [-0.3, -0.25) is 0 Å². The van der Waals surface area contributed by atoms with Crippen molar-refractivity contribution >= 4 is 43.8 Å². The molecule has 6 heteroatoms. The van der Waals surface area contributed by atoms with E-state index in [0.29, 0.717) is 15.4 Å². The highest BCUT2D eigenvalue weighted by Crippen LogP contribution is 2.28. The van der Waals surface area contributed by atoms with Crippen LogP contribution >= 0.6 is 31.9 Å². The molecule has 0 aromatic heterocycles. The molecule has 1 aliphatic heterocycles. The van der Waals surface area contributed by atoms with Crippen LogP contribution in [0.5, 0.6) is 0 Å². The lowest BCUT2D eigenvalue weighted by Gasteiger charge is -2.04. The molecule has 0 fully saturated rings. The minimum absolute atomic E-state index is 0.135. The minimum atomic E-state index is -0.696.